The highest BCUT2D eigenvalue weighted by atomic mass is 32.2. The molecular formula is C29H31N3O2S. The van der Waals surface area contributed by atoms with Crippen LogP contribution in [0.1, 0.15) is 55.0 Å². The Kier molecular flexibility index (Phi) is 7.41. The van der Waals surface area contributed by atoms with Crippen LogP contribution in [0.3, 0.4) is 0 Å². The molecule has 180 valence electrons. The van der Waals surface area contributed by atoms with E-state index < -0.39 is 0 Å². The predicted molar refractivity (Wildman–Crippen MR) is 142 cm³/mol. The normalized spacial score (nSPS) is 12.4. The molecule has 0 radical (unpaired) electrons. The highest BCUT2D eigenvalue weighted by molar-refractivity contribution is 8.00. The molecular weight excluding hydrogens is 454 g/mol. The number of rotatable bonds is 8. The molecule has 0 spiro atoms. The van der Waals surface area contributed by atoms with Crippen molar-refractivity contribution in [2.45, 2.75) is 57.0 Å². The van der Waals surface area contributed by atoms with E-state index in [1.165, 1.54) is 17.3 Å². The second-order valence-electron chi connectivity index (χ2n) is 9.62. The molecule has 0 bridgehead atoms. The van der Waals surface area contributed by atoms with Crippen LogP contribution >= 0.6 is 11.8 Å². The SMILES string of the molecule is Cc1ccc(C(=O)[C@H](C)Sc2nnc(COc3ccc(C(C)(C)C)cc3)n2-c2ccccc2)cc1. The second-order valence-corrected chi connectivity index (χ2v) is 10.9. The maximum atomic E-state index is 13.0. The summed E-state index contributed by atoms with van der Waals surface area (Å²) in [6, 6.07) is 25.8. The van der Waals surface area contributed by atoms with Gasteiger partial charge in [-0.15, -0.1) is 10.2 Å². The number of aryl methyl sites for hydroxylation is 1. The van der Waals surface area contributed by atoms with Crippen molar-refractivity contribution in [3.8, 4) is 11.4 Å². The smallest absolute Gasteiger partial charge is 0.196 e. The first kappa shape index (κ1) is 24.7. The monoisotopic (exact) mass is 485 g/mol. The molecule has 6 heteroatoms. The Hall–Kier alpha value is -3.38. The lowest BCUT2D eigenvalue weighted by Crippen LogP contribution is -2.15. The minimum absolute atomic E-state index is 0.0642. The zero-order valence-electron chi connectivity index (χ0n) is 20.9. The second kappa shape index (κ2) is 10.5. The Morgan fingerprint density at radius 2 is 1.60 bits per heavy atom. The van der Waals surface area contributed by atoms with E-state index in [0.717, 1.165) is 17.0 Å². The quantitative estimate of drug-likeness (QED) is 0.203. The van der Waals surface area contributed by atoms with E-state index in [2.05, 4.69) is 43.1 Å². The molecule has 0 aliphatic carbocycles. The number of ketones is 1. The fraction of sp³-hybridized carbons (Fsp3) is 0.276. The van der Waals surface area contributed by atoms with Crippen molar-refractivity contribution < 1.29 is 9.53 Å². The first-order valence-electron chi connectivity index (χ1n) is 11.7. The number of para-hydroxylation sites is 1. The van der Waals surface area contributed by atoms with Crippen LogP contribution in [-0.2, 0) is 12.0 Å². The molecule has 0 N–H and O–H groups in total. The van der Waals surface area contributed by atoms with Gasteiger partial charge in [0.15, 0.2) is 16.8 Å². The van der Waals surface area contributed by atoms with E-state index in [0.29, 0.717) is 16.5 Å². The lowest BCUT2D eigenvalue weighted by molar-refractivity contribution is 0.0994. The third-order valence-corrected chi connectivity index (χ3v) is 6.83. The first-order valence-corrected chi connectivity index (χ1v) is 12.6. The average molecular weight is 486 g/mol. The van der Waals surface area contributed by atoms with Crippen LogP contribution in [0.2, 0.25) is 0 Å². The van der Waals surface area contributed by atoms with Gasteiger partial charge in [-0.2, -0.15) is 0 Å². The van der Waals surface area contributed by atoms with Gasteiger partial charge >= 0.3 is 0 Å². The molecule has 3 aromatic carbocycles. The minimum atomic E-state index is -0.317. The van der Waals surface area contributed by atoms with E-state index in [1.807, 2.05) is 85.1 Å². The van der Waals surface area contributed by atoms with E-state index in [1.54, 1.807) is 0 Å². The van der Waals surface area contributed by atoms with Gasteiger partial charge in [0.05, 0.1) is 5.25 Å². The highest BCUT2D eigenvalue weighted by Crippen LogP contribution is 2.29. The lowest BCUT2D eigenvalue weighted by Gasteiger charge is -2.19. The van der Waals surface area contributed by atoms with Crippen molar-refractivity contribution in [2.24, 2.45) is 0 Å². The number of hydrogen-bond acceptors (Lipinski definition) is 5. The Bertz CT molecular complexity index is 1270. The van der Waals surface area contributed by atoms with Gasteiger partial charge in [-0.1, -0.05) is 92.7 Å². The topological polar surface area (TPSA) is 57.0 Å². The number of ether oxygens (including phenoxy) is 1. The number of nitrogens with zero attached hydrogens (tertiary/aromatic N) is 3. The van der Waals surface area contributed by atoms with Crippen LogP contribution in [0.5, 0.6) is 5.75 Å². The molecule has 0 saturated carbocycles. The van der Waals surface area contributed by atoms with Gasteiger partial charge in [-0.3, -0.25) is 9.36 Å². The molecule has 5 nitrogen and oxygen atoms in total. The van der Waals surface area contributed by atoms with Crippen LogP contribution in [0.4, 0.5) is 0 Å². The summed E-state index contributed by atoms with van der Waals surface area (Å²) < 4.78 is 8.03. The van der Waals surface area contributed by atoms with Gasteiger partial charge in [-0.05, 0) is 49.1 Å². The maximum Gasteiger partial charge on any atom is 0.196 e. The number of carbonyl (C=O) groups excluding carboxylic acids is 1. The minimum Gasteiger partial charge on any atom is -0.486 e. The Morgan fingerprint density at radius 1 is 0.943 bits per heavy atom. The van der Waals surface area contributed by atoms with E-state index in [-0.39, 0.29) is 23.1 Å². The number of carbonyl (C=O) groups is 1. The van der Waals surface area contributed by atoms with Gasteiger partial charge in [0.25, 0.3) is 0 Å². The van der Waals surface area contributed by atoms with Gasteiger partial charge in [-0.25, -0.2) is 0 Å². The Balaban J connectivity index is 1.55. The molecule has 0 fully saturated rings. The maximum absolute atomic E-state index is 13.0. The van der Waals surface area contributed by atoms with Crippen molar-refractivity contribution in [2.75, 3.05) is 0 Å². The van der Waals surface area contributed by atoms with Crippen molar-refractivity contribution >= 4 is 17.5 Å². The lowest BCUT2D eigenvalue weighted by atomic mass is 9.87. The van der Waals surface area contributed by atoms with Crippen LogP contribution in [-0.4, -0.2) is 25.8 Å². The molecule has 0 aliphatic rings. The summed E-state index contributed by atoms with van der Waals surface area (Å²) in [5.41, 5.74) is 4.09. The summed E-state index contributed by atoms with van der Waals surface area (Å²) in [6.45, 7) is 10.7. The van der Waals surface area contributed by atoms with Gasteiger partial charge in [0.1, 0.15) is 12.4 Å². The van der Waals surface area contributed by atoms with Crippen molar-refractivity contribution in [3.05, 3.63) is 101 Å². The molecule has 1 heterocycles. The van der Waals surface area contributed by atoms with E-state index >= 15 is 0 Å². The Labute approximate surface area is 211 Å². The summed E-state index contributed by atoms with van der Waals surface area (Å²) >= 11 is 1.40. The number of thioether (sulfide) groups is 1. The molecule has 4 rings (SSSR count). The van der Waals surface area contributed by atoms with E-state index in [4.69, 9.17) is 4.74 Å². The summed E-state index contributed by atoms with van der Waals surface area (Å²) in [5, 5.41) is 9.18. The number of benzene rings is 3. The summed E-state index contributed by atoms with van der Waals surface area (Å²) in [4.78, 5) is 13.0. The first-order chi connectivity index (χ1) is 16.7. The van der Waals surface area contributed by atoms with Crippen LogP contribution < -0.4 is 4.74 Å². The van der Waals surface area contributed by atoms with Gasteiger partial charge < -0.3 is 4.74 Å². The van der Waals surface area contributed by atoms with Gasteiger partial charge in [0, 0.05) is 11.3 Å². The summed E-state index contributed by atoms with van der Waals surface area (Å²) in [6.07, 6.45) is 0. The van der Waals surface area contributed by atoms with Crippen LogP contribution in [0, 0.1) is 6.92 Å². The van der Waals surface area contributed by atoms with Crippen molar-refractivity contribution in [3.63, 3.8) is 0 Å². The van der Waals surface area contributed by atoms with Crippen molar-refractivity contribution in [1.82, 2.24) is 14.8 Å². The van der Waals surface area contributed by atoms with Crippen LogP contribution in [0.25, 0.3) is 5.69 Å². The van der Waals surface area contributed by atoms with E-state index in [9.17, 15) is 4.79 Å². The number of Topliss-reactive ketones (excluding diaryl/α,β-unsaturated/α-hetero) is 1. The Morgan fingerprint density at radius 3 is 2.23 bits per heavy atom. The molecule has 35 heavy (non-hydrogen) atoms. The fourth-order valence-corrected chi connectivity index (χ4v) is 4.63. The molecule has 0 aliphatic heterocycles. The molecule has 1 atom stereocenters. The summed E-state index contributed by atoms with van der Waals surface area (Å²) in [5.74, 6) is 1.51. The molecule has 1 aromatic heterocycles. The zero-order valence-corrected chi connectivity index (χ0v) is 21.7. The number of hydrogen-bond donors (Lipinski definition) is 0. The standard InChI is InChI=1S/C29H31N3O2S/c1-20-11-13-22(14-12-20)27(33)21(2)35-28-31-30-26(32(28)24-9-7-6-8-10-24)19-34-25-17-15-23(16-18-25)29(3,4)5/h6-18,21H,19H2,1-5H3/t21-/m0/s1. The number of aromatic nitrogens is 3. The van der Waals surface area contributed by atoms with Crippen LogP contribution in [0.15, 0.2) is 84.0 Å². The fourth-order valence-electron chi connectivity index (χ4n) is 3.67. The predicted octanol–water partition coefficient (Wildman–Crippen LogP) is 6.82. The third-order valence-electron chi connectivity index (χ3n) is 5.79. The molecule has 0 saturated heterocycles. The summed E-state index contributed by atoms with van der Waals surface area (Å²) in [7, 11) is 0. The van der Waals surface area contributed by atoms with Gasteiger partial charge in [0.2, 0.25) is 0 Å². The molecule has 0 unspecified atom stereocenters. The highest BCUT2D eigenvalue weighted by Gasteiger charge is 2.22. The third kappa shape index (κ3) is 6.01. The average Bonchev–Trinajstić information content (AvgIpc) is 3.25. The largest absolute Gasteiger partial charge is 0.486 e. The molecule has 0 amide bonds. The molecule has 4 aromatic rings. The van der Waals surface area contributed by atoms with Crippen molar-refractivity contribution in [1.29, 1.82) is 0 Å². The zero-order chi connectivity index (χ0) is 25.0.